The van der Waals surface area contributed by atoms with Crippen LogP contribution in [0.3, 0.4) is 0 Å². The maximum absolute atomic E-state index is 14.1. The van der Waals surface area contributed by atoms with Crippen molar-refractivity contribution in [1.29, 1.82) is 0 Å². The molecule has 0 spiro atoms. The molecule has 2 atom stereocenters. The highest BCUT2D eigenvalue weighted by molar-refractivity contribution is 5.97. The van der Waals surface area contributed by atoms with Crippen molar-refractivity contribution in [3.63, 3.8) is 0 Å². The number of piperazine rings is 1. The Kier molecular flexibility index (Phi) is 5.92. The van der Waals surface area contributed by atoms with E-state index in [1.54, 1.807) is 31.1 Å². The van der Waals surface area contributed by atoms with Crippen molar-refractivity contribution in [2.24, 2.45) is 0 Å². The molecule has 0 unspecified atom stereocenters. The molecule has 1 fully saturated rings. The first-order valence-electron chi connectivity index (χ1n) is 13.4. The molecule has 3 aromatic carbocycles. The Labute approximate surface area is 236 Å². The van der Waals surface area contributed by atoms with E-state index in [9.17, 15) is 9.59 Å². The molecule has 0 aliphatic carbocycles. The fourth-order valence-electron chi connectivity index (χ4n) is 6.32. The van der Waals surface area contributed by atoms with E-state index in [1.165, 1.54) is 0 Å². The number of aromatic nitrogens is 1. The van der Waals surface area contributed by atoms with Gasteiger partial charge < -0.3 is 38.5 Å². The van der Waals surface area contributed by atoms with Crippen molar-refractivity contribution in [2.45, 2.75) is 25.0 Å². The van der Waals surface area contributed by atoms with Crippen LogP contribution in [0.5, 0.6) is 28.7 Å². The molecule has 10 heteroatoms. The van der Waals surface area contributed by atoms with E-state index in [-0.39, 0.29) is 25.2 Å². The summed E-state index contributed by atoms with van der Waals surface area (Å²) in [5.41, 5.74) is 4.47. The Hall–Kier alpha value is -4.86. The number of rotatable bonds is 6. The second-order valence-electron chi connectivity index (χ2n) is 10.3. The Bertz CT molecular complexity index is 1670. The normalized spacial score (nSPS) is 19.3. The van der Waals surface area contributed by atoms with Gasteiger partial charge in [0.15, 0.2) is 23.0 Å². The summed E-state index contributed by atoms with van der Waals surface area (Å²) in [6, 6.07) is 16.1. The van der Waals surface area contributed by atoms with Gasteiger partial charge in [-0.1, -0.05) is 24.3 Å². The number of nitrogens with one attached hydrogen (secondary N) is 1. The number of H-pyrrole nitrogens is 1. The number of para-hydroxylation sites is 1. The molecule has 0 saturated carbocycles. The van der Waals surface area contributed by atoms with E-state index in [0.717, 1.165) is 33.3 Å². The van der Waals surface area contributed by atoms with Gasteiger partial charge in [0, 0.05) is 29.6 Å². The monoisotopic (exact) mass is 555 g/mol. The van der Waals surface area contributed by atoms with Gasteiger partial charge in [0.25, 0.3) is 0 Å². The number of fused-ring (bicyclic) bond motifs is 5. The van der Waals surface area contributed by atoms with E-state index < -0.39 is 12.1 Å². The number of hydrogen-bond donors (Lipinski definition) is 1. The first-order valence-corrected chi connectivity index (χ1v) is 13.4. The smallest absolute Gasteiger partial charge is 0.246 e. The molecule has 3 aliphatic rings. The minimum atomic E-state index is -0.680. The standard InChI is InChI=1S/C31H29N3O7/c1-37-25-11-18(12-26(38-2)30(25)39-3)29-28-20(19-6-4-5-7-21(19)32-28)13-22-31(36)33(15-27(35)34(22)29)14-17-8-9-23-24(10-17)41-16-40-23/h4-12,22,29,32H,13-16H2,1-3H3/t22-,29-/m0/s1. The fourth-order valence-corrected chi connectivity index (χ4v) is 6.32. The molecule has 1 aromatic heterocycles. The van der Waals surface area contributed by atoms with Gasteiger partial charge in [0.05, 0.1) is 27.4 Å². The summed E-state index contributed by atoms with van der Waals surface area (Å²) < 4.78 is 27.8. The van der Waals surface area contributed by atoms with Gasteiger partial charge in [-0.25, -0.2) is 0 Å². The number of carbonyl (C=O) groups excluding carboxylic acids is 2. The molecule has 3 aliphatic heterocycles. The average molecular weight is 556 g/mol. The van der Waals surface area contributed by atoms with E-state index >= 15 is 0 Å². The number of hydrogen-bond acceptors (Lipinski definition) is 7. The van der Waals surface area contributed by atoms with Crippen molar-refractivity contribution in [2.75, 3.05) is 34.7 Å². The molecule has 7 rings (SSSR count). The molecular weight excluding hydrogens is 526 g/mol. The number of nitrogens with zero attached hydrogens (tertiary/aromatic N) is 2. The molecule has 4 heterocycles. The quantitative estimate of drug-likeness (QED) is 0.386. The van der Waals surface area contributed by atoms with Crippen LogP contribution in [0.2, 0.25) is 0 Å². The lowest BCUT2D eigenvalue weighted by molar-refractivity contribution is -0.159. The molecule has 210 valence electrons. The highest BCUT2D eigenvalue weighted by Crippen LogP contribution is 2.47. The van der Waals surface area contributed by atoms with Gasteiger partial charge in [-0.2, -0.15) is 0 Å². The molecular formula is C31H29N3O7. The summed E-state index contributed by atoms with van der Waals surface area (Å²) in [5, 5.41) is 1.03. The number of methoxy groups -OCH3 is 3. The maximum Gasteiger partial charge on any atom is 0.246 e. The van der Waals surface area contributed by atoms with Crippen molar-refractivity contribution < 1.29 is 33.3 Å². The Morgan fingerprint density at radius 1 is 0.927 bits per heavy atom. The zero-order valence-corrected chi connectivity index (χ0v) is 22.9. The summed E-state index contributed by atoms with van der Waals surface area (Å²) in [6.07, 6.45) is 0.405. The van der Waals surface area contributed by atoms with Gasteiger partial charge in [-0.3, -0.25) is 9.59 Å². The number of aromatic amines is 1. The number of amides is 2. The van der Waals surface area contributed by atoms with Crippen LogP contribution in [0.15, 0.2) is 54.6 Å². The van der Waals surface area contributed by atoms with Gasteiger partial charge in [-0.05, 0) is 47.0 Å². The van der Waals surface area contributed by atoms with Crippen LogP contribution in [0.4, 0.5) is 0 Å². The van der Waals surface area contributed by atoms with Crippen molar-refractivity contribution >= 4 is 22.7 Å². The third-order valence-electron chi connectivity index (χ3n) is 8.16. The van der Waals surface area contributed by atoms with Gasteiger partial charge in [0.1, 0.15) is 12.6 Å². The fraction of sp³-hybridized carbons (Fsp3) is 0.290. The maximum atomic E-state index is 14.1. The first-order chi connectivity index (χ1) is 20.0. The van der Waals surface area contributed by atoms with E-state index in [0.29, 0.717) is 41.7 Å². The van der Waals surface area contributed by atoms with E-state index in [2.05, 4.69) is 4.98 Å². The molecule has 10 nitrogen and oxygen atoms in total. The summed E-state index contributed by atoms with van der Waals surface area (Å²) in [6.45, 7) is 0.424. The van der Waals surface area contributed by atoms with Crippen LogP contribution in [-0.4, -0.2) is 67.3 Å². The van der Waals surface area contributed by atoms with Crippen LogP contribution in [0, 0.1) is 0 Å². The van der Waals surface area contributed by atoms with E-state index in [4.69, 9.17) is 23.7 Å². The third kappa shape index (κ3) is 3.93. The topological polar surface area (TPSA) is 103 Å². The predicted octanol–water partition coefficient (Wildman–Crippen LogP) is 3.81. The summed E-state index contributed by atoms with van der Waals surface area (Å²) >= 11 is 0. The molecule has 4 aromatic rings. The van der Waals surface area contributed by atoms with Crippen molar-refractivity contribution in [1.82, 2.24) is 14.8 Å². The number of benzene rings is 3. The van der Waals surface area contributed by atoms with Crippen molar-refractivity contribution in [3.8, 4) is 28.7 Å². The number of ether oxygens (including phenoxy) is 5. The summed E-state index contributed by atoms with van der Waals surface area (Å²) in [4.78, 5) is 35.0. The average Bonchev–Trinajstić information content (AvgIpc) is 3.62. The second kappa shape index (κ2) is 9.65. The van der Waals surface area contributed by atoms with E-state index in [1.807, 2.05) is 54.6 Å². The Morgan fingerprint density at radius 3 is 2.44 bits per heavy atom. The Balaban J connectivity index is 1.33. The summed E-state index contributed by atoms with van der Waals surface area (Å²) in [7, 11) is 4.67. The lowest BCUT2D eigenvalue weighted by Crippen LogP contribution is -2.62. The SMILES string of the molecule is COc1cc([C@H]2c3[nH]c4ccccc4c3C[C@H]3C(=O)N(Cc4ccc5c(c4)OCO5)CC(=O)N23)cc(OC)c1OC. The lowest BCUT2D eigenvalue weighted by Gasteiger charge is -2.47. The van der Waals surface area contributed by atoms with Crippen LogP contribution in [0.1, 0.15) is 28.4 Å². The van der Waals surface area contributed by atoms with Crippen LogP contribution >= 0.6 is 0 Å². The molecule has 2 amide bonds. The van der Waals surface area contributed by atoms with Crippen LogP contribution in [-0.2, 0) is 22.6 Å². The van der Waals surface area contributed by atoms with Gasteiger partial charge in [0.2, 0.25) is 24.4 Å². The third-order valence-corrected chi connectivity index (χ3v) is 8.16. The zero-order chi connectivity index (χ0) is 28.2. The van der Waals surface area contributed by atoms with Gasteiger partial charge >= 0.3 is 0 Å². The second-order valence-corrected chi connectivity index (χ2v) is 10.3. The summed E-state index contributed by atoms with van der Waals surface area (Å²) in [5.74, 6) is 2.48. The molecule has 1 saturated heterocycles. The Morgan fingerprint density at radius 2 is 1.68 bits per heavy atom. The van der Waals surface area contributed by atoms with Gasteiger partial charge in [-0.15, -0.1) is 0 Å². The highest BCUT2D eigenvalue weighted by atomic mass is 16.7. The molecule has 41 heavy (non-hydrogen) atoms. The molecule has 1 N–H and O–H groups in total. The van der Waals surface area contributed by atoms with Crippen molar-refractivity contribution in [3.05, 3.63) is 77.0 Å². The molecule has 0 bridgehead atoms. The first kappa shape index (κ1) is 25.1. The highest BCUT2D eigenvalue weighted by Gasteiger charge is 2.48. The minimum absolute atomic E-state index is 0.0414. The van der Waals surface area contributed by atoms with Crippen LogP contribution < -0.4 is 23.7 Å². The zero-order valence-electron chi connectivity index (χ0n) is 22.9. The number of carbonyl (C=O) groups is 2. The lowest BCUT2D eigenvalue weighted by atomic mass is 9.86. The van der Waals surface area contributed by atoms with Crippen LogP contribution in [0.25, 0.3) is 10.9 Å². The predicted molar refractivity (Wildman–Crippen MR) is 149 cm³/mol. The largest absolute Gasteiger partial charge is 0.493 e. The molecule has 0 radical (unpaired) electrons. The minimum Gasteiger partial charge on any atom is -0.493 e.